The van der Waals surface area contributed by atoms with Gasteiger partial charge in [0, 0.05) is 13.1 Å². The van der Waals surface area contributed by atoms with E-state index >= 15 is 0 Å². The second kappa shape index (κ2) is 7.97. The van der Waals surface area contributed by atoms with Crippen molar-refractivity contribution in [2.75, 3.05) is 19.6 Å². The molecule has 1 amide bonds. The highest BCUT2D eigenvalue weighted by atomic mass is 35.5. The van der Waals surface area contributed by atoms with Gasteiger partial charge in [-0.2, -0.15) is 0 Å². The Morgan fingerprint density at radius 2 is 2.17 bits per heavy atom. The zero-order valence-corrected chi connectivity index (χ0v) is 12.5. The minimum Gasteiger partial charge on any atom is -0.391 e. The quantitative estimate of drug-likeness (QED) is 0.711. The fourth-order valence-corrected chi connectivity index (χ4v) is 2.30. The van der Waals surface area contributed by atoms with Crippen molar-refractivity contribution < 1.29 is 9.90 Å². The first-order valence-electron chi connectivity index (χ1n) is 6.61. The van der Waals surface area contributed by atoms with Crippen LogP contribution in [0.25, 0.3) is 0 Å². The van der Waals surface area contributed by atoms with Crippen LogP contribution in [-0.2, 0) is 4.79 Å². The summed E-state index contributed by atoms with van der Waals surface area (Å²) in [5.41, 5.74) is -0.310. The van der Waals surface area contributed by atoms with Crippen molar-refractivity contribution in [1.82, 2.24) is 10.6 Å². The topological polar surface area (TPSA) is 61.4 Å². The molecule has 2 unspecified atom stereocenters. The zero-order valence-electron chi connectivity index (χ0n) is 11.7. The fraction of sp³-hybridized carbons (Fsp3) is 0.923. The Morgan fingerprint density at radius 3 is 2.67 bits per heavy atom. The number of hydrogen-bond acceptors (Lipinski definition) is 3. The van der Waals surface area contributed by atoms with Crippen LogP contribution in [0.1, 0.15) is 40.0 Å². The van der Waals surface area contributed by atoms with E-state index in [9.17, 15) is 9.90 Å². The van der Waals surface area contributed by atoms with Gasteiger partial charge in [0.25, 0.3) is 0 Å². The summed E-state index contributed by atoms with van der Waals surface area (Å²) in [6.07, 6.45) is 2.26. The van der Waals surface area contributed by atoms with Gasteiger partial charge < -0.3 is 15.7 Å². The molecule has 1 aliphatic rings. The van der Waals surface area contributed by atoms with E-state index in [2.05, 4.69) is 24.5 Å². The molecule has 1 heterocycles. The van der Waals surface area contributed by atoms with Gasteiger partial charge in [-0.25, -0.2) is 0 Å². The molecular formula is C13H27ClN2O2. The summed E-state index contributed by atoms with van der Waals surface area (Å²) in [4.78, 5) is 12.0. The predicted molar refractivity (Wildman–Crippen MR) is 75.9 cm³/mol. The van der Waals surface area contributed by atoms with Crippen molar-refractivity contribution in [1.29, 1.82) is 0 Å². The number of carbonyl (C=O) groups excluding carboxylic acids is 1. The molecule has 0 spiro atoms. The van der Waals surface area contributed by atoms with Crippen LogP contribution in [0, 0.1) is 11.3 Å². The summed E-state index contributed by atoms with van der Waals surface area (Å²) < 4.78 is 0. The Hall–Kier alpha value is -0.320. The van der Waals surface area contributed by atoms with Gasteiger partial charge >= 0.3 is 0 Å². The Labute approximate surface area is 116 Å². The molecule has 0 aliphatic carbocycles. The first-order valence-corrected chi connectivity index (χ1v) is 6.61. The number of nitrogens with one attached hydrogen (secondary N) is 2. The molecule has 18 heavy (non-hydrogen) atoms. The van der Waals surface area contributed by atoms with Crippen LogP contribution in [-0.4, -0.2) is 36.8 Å². The van der Waals surface area contributed by atoms with E-state index in [1.54, 1.807) is 0 Å². The Balaban J connectivity index is 0.00000289. The molecule has 2 atom stereocenters. The third kappa shape index (κ3) is 5.55. The number of amides is 1. The second-order valence-corrected chi connectivity index (χ2v) is 5.83. The monoisotopic (exact) mass is 278 g/mol. The van der Waals surface area contributed by atoms with Crippen LogP contribution < -0.4 is 10.6 Å². The second-order valence-electron chi connectivity index (χ2n) is 5.83. The Morgan fingerprint density at radius 1 is 1.50 bits per heavy atom. The van der Waals surface area contributed by atoms with Crippen LogP contribution in [0.15, 0.2) is 0 Å². The predicted octanol–water partition coefficient (Wildman–Crippen LogP) is 1.32. The van der Waals surface area contributed by atoms with Gasteiger partial charge in [0.1, 0.15) is 0 Å². The van der Waals surface area contributed by atoms with Gasteiger partial charge in [-0.3, -0.25) is 4.79 Å². The smallest absolute Gasteiger partial charge is 0.227 e. The summed E-state index contributed by atoms with van der Waals surface area (Å²) in [7, 11) is 0. The lowest BCUT2D eigenvalue weighted by molar-refractivity contribution is -0.131. The number of aliphatic hydroxyl groups excluding tert-OH is 1. The molecule has 0 bridgehead atoms. The van der Waals surface area contributed by atoms with Crippen molar-refractivity contribution >= 4 is 18.3 Å². The lowest BCUT2D eigenvalue weighted by atomic mass is 9.82. The van der Waals surface area contributed by atoms with E-state index in [1.165, 1.54) is 0 Å². The zero-order chi connectivity index (χ0) is 12.9. The van der Waals surface area contributed by atoms with Crippen LogP contribution in [0.5, 0.6) is 0 Å². The number of carbonyl (C=O) groups is 1. The van der Waals surface area contributed by atoms with Crippen molar-refractivity contribution in [2.24, 2.45) is 11.3 Å². The number of aliphatic hydroxyl groups is 1. The Bertz CT molecular complexity index is 253. The van der Waals surface area contributed by atoms with E-state index in [1.807, 2.05) is 6.92 Å². The molecule has 0 aromatic carbocycles. The molecule has 0 aromatic heterocycles. The molecule has 0 saturated carbocycles. The highest BCUT2D eigenvalue weighted by Gasteiger charge is 2.34. The number of rotatable bonds is 5. The van der Waals surface area contributed by atoms with Gasteiger partial charge in [-0.05, 0) is 38.6 Å². The van der Waals surface area contributed by atoms with Crippen LogP contribution in [0.2, 0.25) is 0 Å². The molecule has 0 radical (unpaired) electrons. The maximum Gasteiger partial charge on any atom is 0.227 e. The number of halogens is 1. The standard InChI is InChI=1S/C13H26N2O2.ClH/c1-10(2)7-11(16)8-15-12(17)13(3)5-4-6-14-9-13;/h10-11,14,16H,4-9H2,1-3H3,(H,15,17);1H. The largest absolute Gasteiger partial charge is 0.391 e. The molecular weight excluding hydrogens is 252 g/mol. The van der Waals surface area contributed by atoms with E-state index in [0.717, 1.165) is 32.4 Å². The van der Waals surface area contributed by atoms with Crippen LogP contribution in [0.4, 0.5) is 0 Å². The molecule has 1 saturated heterocycles. The summed E-state index contributed by atoms with van der Waals surface area (Å²) in [5.74, 6) is 0.515. The van der Waals surface area contributed by atoms with Crippen molar-refractivity contribution in [2.45, 2.75) is 46.1 Å². The summed E-state index contributed by atoms with van der Waals surface area (Å²) in [6.45, 7) is 8.22. The average molecular weight is 279 g/mol. The third-order valence-corrected chi connectivity index (χ3v) is 3.39. The summed E-state index contributed by atoms with van der Waals surface area (Å²) in [5, 5.41) is 15.8. The maximum atomic E-state index is 12.0. The lowest BCUT2D eigenvalue weighted by Gasteiger charge is -2.33. The normalized spacial score (nSPS) is 25.4. The third-order valence-electron chi connectivity index (χ3n) is 3.39. The first kappa shape index (κ1) is 17.7. The van der Waals surface area contributed by atoms with Crippen molar-refractivity contribution in [3.8, 4) is 0 Å². The van der Waals surface area contributed by atoms with E-state index < -0.39 is 6.10 Å². The minimum absolute atomic E-state index is 0. The first-order chi connectivity index (χ1) is 7.94. The highest BCUT2D eigenvalue weighted by Crippen LogP contribution is 2.25. The fourth-order valence-electron chi connectivity index (χ4n) is 2.30. The molecule has 5 heteroatoms. The van der Waals surface area contributed by atoms with Crippen LogP contribution >= 0.6 is 12.4 Å². The molecule has 1 aliphatic heterocycles. The van der Waals surface area contributed by atoms with Crippen molar-refractivity contribution in [3.05, 3.63) is 0 Å². The molecule has 1 fully saturated rings. The van der Waals surface area contributed by atoms with Gasteiger partial charge in [0.15, 0.2) is 0 Å². The average Bonchev–Trinajstić information content (AvgIpc) is 2.26. The highest BCUT2D eigenvalue weighted by molar-refractivity contribution is 5.85. The molecule has 4 nitrogen and oxygen atoms in total. The molecule has 108 valence electrons. The van der Waals surface area contributed by atoms with E-state index in [-0.39, 0.29) is 23.7 Å². The molecule has 1 rings (SSSR count). The summed E-state index contributed by atoms with van der Waals surface area (Å²) in [6, 6.07) is 0. The Kier molecular flexibility index (Phi) is 7.83. The van der Waals surface area contributed by atoms with E-state index in [0.29, 0.717) is 12.5 Å². The minimum atomic E-state index is -0.431. The number of piperidine rings is 1. The molecule has 3 N–H and O–H groups in total. The van der Waals surface area contributed by atoms with Gasteiger partial charge in [-0.1, -0.05) is 13.8 Å². The van der Waals surface area contributed by atoms with Gasteiger partial charge in [0.2, 0.25) is 5.91 Å². The lowest BCUT2D eigenvalue weighted by Crippen LogP contribution is -2.50. The molecule has 0 aromatic rings. The van der Waals surface area contributed by atoms with Gasteiger partial charge in [0.05, 0.1) is 11.5 Å². The van der Waals surface area contributed by atoms with E-state index in [4.69, 9.17) is 0 Å². The van der Waals surface area contributed by atoms with Crippen LogP contribution in [0.3, 0.4) is 0 Å². The summed E-state index contributed by atoms with van der Waals surface area (Å²) >= 11 is 0. The maximum absolute atomic E-state index is 12.0. The van der Waals surface area contributed by atoms with Crippen molar-refractivity contribution in [3.63, 3.8) is 0 Å². The number of hydrogen-bond donors (Lipinski definition) is 3. The SMILES string of the molecule is CC(C)CC(O)CNC(=O)C1(C)CCCNC1.Cl. The van der Waals surface area contributed by atoms with Gasteiger partial charge in [-0.15, -0.1) is 12.4 Å².